The van der Waals surface area contributed by atoms with Crippen molar-refractivity contribution >= 4 is 23.1 Å². The zero-order valence-electron chi connectivity index (χ0n) is 19.3. The van der Waals surface area contributed by atoms with Gasteiger partial charge < -0.3 is 15.0 Å². The normalized spacial score (nSPS) is 25.0. The van der Waals surface area contributed by atoms with Crippen LogP contribution in [0.25, 0.3) is 5.65 Å². The zero-order valence-corrected chi connectivity index (χ0v) is 20.1. The lowest BCUT2D eigenvalue weighted by atomic mass is 9.94. The summed E-state index contributed by atoms with van der Waals surface area (Å²) in [7, 11) is 3.96. The fourth-order valence-corrected chi connectivity index (χ4v) is 6.02. The van der Waals surface area contributed by atoms with E-state index in [4.69, 9.17) is 21.3 Å². The summed E-state index contributed by atoms with van der Waals surface area (Å²) >= 11 is 7.07. The molecule has 174 valence electrons. The number of halogens is 1. The molecule has 2 aliphatic heterocycles. The number of nitrogens with one attached hydrogen (secondary N) is 1. The number of anilines is 1. The smallest absolute Gasteiger partial charge is 0.141 e. The summed E-state index contributed by atoms with van der Waals surface area (Å²) in [5.74, 6) is 1.97. The molecule has 33 heavy (non-hydrogen) atoms. The first-order chi connectivity index (χ1) is 16.1. The van der Waals surface area contributed by atoms with Gasteiger partial charge in [-0.25, -0.2) is 4.98 Å². The Morgan fingerprint density at radius 1 is 1.09 bits per heavy atom. The number of piperidine rings is 1. The molecular formula is C25H31ClN6O. The first-order valence-electron chi connectivity index (χ1n) is 12.0. The molecule has 6 rings (SSSR count). The molecule has 5 heterocycles. The number of pyridine rings is 2. The second-order valence-electron chi connectivity index (χ2n) is 9.73. The summed E-state index contributed by atoms with van der Waals surface area (Å²) in [5, 5.41) is 4.49. The van der Waals surface area contributed by atoms with E-state index in [1.165, 1.54) is 12.8 Å². The van der Waals surface area contributed by atoms with Crippen LogP contribution in [-0.4, -0.2) is 58.6 Å². The number of imidazole rings is 1. The van der Waals surface area contributed by atoms with Crippen molar-refractivity contribution in [2.75, 3.05) is 38.7 Å². The highest BCUT2D eigenvalue weighted by atomic mass is 35.5. The van der Waals surface area contributed by atoms with Crippen molar-refractivity contribution in [1.29, 1.82) is 0 Å². The average molecular weight is 467 g/mol. The molecule has 3 fully saturated rings. The summed E-state index contributed by atoms with van der Waals surface area (Å²) in [5.41, 5.74) is 3.14. The number of ether oxygens (including phenoxy) is 1. The Balaban J connectivity index is 1.32. The standard InChI is InChI=1S/C25H31ClN6O/c1-30-14-15-31(16-25(30)11-12-25)21-10-4-9-20-29-23(24(26)32(20)21)18-7-3-6-17(28-18)22-19(33-2)8-5-13-27-22/h4-5,8-10,13,17-18,28H,3,6-7,11-12,14-16H2,1-2H3/t17-,18+/m0/s1. The molecule has 3 aromatic rings. The summed E-state index contributed by atoms with van der Waals surface area (Å²) < 4.78 is 7.71. The fourth-order valence-electron chi connectivity index (χ4n) is 5.67. The van der Waals surface area contributed by atoms with E-state index >= 15 is 0 Å². The molecule has 8 heteroatoms. The maximum atomic E-state index is 7.07. The maximum Gasteiger partial charge on any atom is 0.141 e. The molecule has 1 N–H and O–H groups in total. The molecule has 1 spiro atoms. The minimum Gasteiger partial charge on any atom is -0.495 e. The van der Waals surface area contributed by atoms with Gasteiger partial charge in [0.1, 0.15) is 22.4 Å². The Morgan fingerprint density at radius 3 is 2.70 bits per heavy atom. The Bertz CT molecular complexity index is 1170. The van der Waals surface area contributed by atoms with Crippen LogP contribution in [0.4, 0.5) is 5.82 Å². The fraction of sp³-hybridized carbons (Fsp3) is 0.520. The lowest BCUT2D eigenvalue weighted by Crippen LogP contribution is -2.53. The Kier molecular flexibility index (Phi) is 5.24. The number of piperazine rings is 1. The van der Waals surface area contributed by atoms with Gasteiger partial charge in [-0.2, -0.15) is 0 Å². The minimum atomic E-state index is 0.0815. The highest BCUT2D eigenvalue weighted by Gasteiger charge is 2.49. The molecule has 2 saturated heterocycles. The molecule has 0 aromatic carbocycles. The van der Waals surface area contributed by atoms with Crippen LogP contribution >= 0.6 is 11.6 Å². The van der Waals surface area contributed by atoms with Crippen molar-refractivity contribution in [3.8, 4) is 5.75 Å². The number of hydrogen-bond acceptors (Lipinski definition) is 6. The van der Waals surface area contributed by atoms with Crippen molar-refractivity contribution in [2.24, 2.45) is 0 Å². The highest BCUT2D eigenvalue weighted by molar-refractivity contribution is 6.30. The van der Waals surface area contributed by atoms with E-state index in [0.717, 1.165) is 72.7 Å². The van der Waals surface area contributed by atoms with Crippen LogP contribution < -0.4 is 15.0 Å². The van der Waals surface area contributed by atoms with Crippen LogP contribution in [0.5, 0.6) is 5.75 Å². The van der Waals surface area contributed by atoms with Gasteiger partial charge in [-0.15, -0.1) is 0 Å². The van der Waals surface area contributed by atoms with Gasteiger partial charge in [-0.3, -0.25) is 14.3 Å². The summed E-state index contributed by atoms with van der Waals surface area (Å²) in [6.45, 7) is 3.13. The van der Waals surface area contributed by atoms with Crippen molar-refractivity contribution in [3.05, 3.63) is 53.1 Å². The quantitative estimate of drug-likeness (QED) is 0.621. The third-order valence-electron chi connectivity index (χ3n) is 7.81. The topological polar surface area (TPSA) is 57.9 Å². The molecule has 3 aliphatic rings. The van der Waals surface area contributed by atoms with Crippen molar-refractivity contribution < 1.29 is 4.74 Å². The number of likely N-dealkylation sites (N-methyl/N-ethyl adjacent to an activating group) is 1. The number of methoxy groups -OCH3 is 1. The number of rotatable bonds is 4. The van der Waals surface area contributed by atoms with E-state index in [2.05, 4.69) is 49.7 Å². The molecule has 1 aliphatic carbocycles. The van der Waals surface area contributed by atoms with Crippen LogP contribution in [0.3, 0.4) is 0 Å². The molecule has 0 unspecified atom stereocenters. The largest absolute Gasteiger partial charge is 0.495 e. The Morgan fingerprint density at radius 2 is 1.91 bits per heavy atom. The van der Waals surface area contributed by atoms with E-state index in [0.29, 0.717) is 5.54 Å². The molecule has 2 atom stereocenters. The van der Waals surface area contributed by atoms with E-state index < -0.39 is 0 Å². The summed E-state index contributed by atoms with van der Waals surface area (Å²) in [6.07, 6.45) is 7.49. The van der Waals surface area contributed by atoms with Gasteiger partial charge in [0.15, 0.2) is 0 Å². The van der Waals surface area contributed by atoms with E-state index in [-0.39, 0.29) is 12.1 Å². The van der Waals surface area contributed by atoms with Gasteiger partial charge in [0, 0.05) is 31.4 Å². The molecule has 1 saturated carbocycles. The van der Waals surface area contributed by atoms with Crippen LogP contribution in [0.2, 0.25) is 5.15 Å². The predicted molar refractivity (Wildman–Crippen MR) is 130 cm³/mol. The van der Waals surface area contributed by atoms with Gasteiger partial charge in [0.05, 0.1) is 30.6 Å². The van der Waals surface area contributed by atoms with Gasteiger partial charge in [-0.05, 0) is 63.4 Å². The van der Waals surface area contributed by atoms with Gasteiger partial charge >= 0.3 is 0 Å². The molecule has 3 aromatic heterocycles. The third kappa shape index (κ3) is 3.57. The van der Waals surface area contributed by atoms with Crippen LogP contribution in [0, 0.1) is 0 Å². The number of aromatic nitrogens is 3. The van der Waals surface area contributed by atoms with Crippen LogP contribution in [-0.2, 0) is 0 Å². The van der Waals surface area contributed by atoms with E-state index in [1.807, 2.05) is 18.3 Å². The van der Waals surface area contributed by atoms with Gasteiger partial charge in [0.2, 0.25) is 0 Å². The molecule has 0 radical (unpaired) electrons. The van der Waals surface area contributed by atoms with E-state index in [9.17, 15) is 0 Å². The van der Waals surface area contributed by atoms with Crippen molar-refractivity contribution in [3.63, 3.8) is 0 Å². The van der Waals surface area contributed by atoms with E-state index in [1.54, 1.807) is 7.11 Å². The number of fused-ring (bicyclic) bond motifs is 1. The Labute approximate surface area is 199 Å². The Hall–Kier alpha value is -2.35. The van der Waals surface area contributed by atoms with Crippen LogP contribution in [0.15, 0.2) is 36.5 Å². The summed E-state index contributed by atoms with van der Waals surface area (Å²) in [6, 6.07) is 10.4. The number of nitrogens with zero attached hydrogens (tertiary/aromatic N) is 5. The molecule has 0 bridgehead atoms. The van der Waals surface area contributed by atoms with Crippen molar-refractivity contribution in [2.45, 2.75) is 49.7 Å². The SMILES string of the molecule is COc1cccnc1[C@@H]1CCC[C@H](c2nc3cccc(N4CCN(C)C5(CC5)C4)n3c2Cl)N1. The minimum absolute atomic E-state index is 0.0815. The van der Waals surface area contributed by atoms with Gasteiger partial charge in [0.25, 0.3) is 0 Å². The highest BCUT2D eigenvalue weighted by Crippen LogP contribution is 2.45. The second-order valence-corrected chi connectivity index (χ2v) is 10.1. The second kappa shape index (κ2) is 8.15. The lowest BCUT2D eigenvalue weighted by Gasteiger charge is -2.41. The van der Waals surface area contributed by atoms with Crippen molar-refractivity contribution in [1.82, 2.24) is 24.6 Å². The average Bonchev–Trinajstić information content (AvgIpc) is 3.55. The molecule has 7 nitrogen and oxygen atoms in total. The predicted octanol–water partition coefficient (Wildman–Crippen LogP) is 4.23. The third-order valence-corrected chi connectivity index (χ3v) is 8.17. The monoisotopic (exact) mass is 466 g/mol. The lowest BCUT2D eigenvalue weighted by molar-refractivity contribution is 0.198. The number of hydrogen-bond donors (Lipinski definition) is 1. The molecular weight excluding hydrogens is 436 g/mol. The zero-order chi connectivity index (χ0) is 22.6. The first kappa shape index (κ1) is 21.2. The maximum absolute atomic E-state index is 7.07. The van der Waals surface area contributed by atoms with Gasteiger partial charge in [-0.1, -0.05) is 17.7 Å². The first-order valence-corrected chi connectivity index (χ1v) is 12.4. The van der Waals surface area contributed by atoms with Crippen LogP contribution in [0.1, 0.15) is 55.6 Å². The molecule has 0 amide bonds. The summed E-state index contributed by atoms with van der Waals surface area (Å²) in [4.78, 5) is 14.6.